The van der Waals surface area contributed by atoms with Crippen LogP contribution >= 0.6 is 31.9 Å². The summed E-state index contributed by atoms with van der Waals surface area (Å²) < 4.78 is 13.4. The van der Waals surface area contributed by atoms with Crippen molar-refractivity contribution in [3.05, 3.63) is 92.4 Å². The van der Waals surface area contributed by atoms with E-state index in [0.29, 0.717) is 34.7 Å². The minimum absolute atomic E-state index is 0.293. The molecule has 0 aliphatic carbocycles. The molecule has 0 saturated heterocycles. The number of hydrazone groups is 1. The second-order valence-electron chi connectivity index (χ2n) is 6.23. The van der Waals surface area contributed by atoms with Gasteiger partial charge >= 0.3 is 0 Å². The molecule has 0 heterocycles. The van der Waals surface area contributed by atoms with Gasteiger partial charge in [0, 0.05) is 8.95 Å². The number of carbonyl (C=O) groups is 1. The Morgan fingerprint density at radius 3 is 2.50 bits per heavy atom. The highest BCUT2D eigenvalue weighted by Crippen LogP contribution is 2.29. The molecule has 0 spiro atoms. The first-order chi connectivity index (χ1) is 14.6. The lowest BCUT2D eigenvalue weighted by molar-refractivity contribution is 0.0954. The number of halogens is 2. The Labute approximate surface area is 192 Å². The molecule has 0 unspecified atom stereocenters. The van der Waals surface area contributed by atoms with Gasteiger partial charge in [-0.25, -0.2) is 5.43 Å². The molecule has 5 nitrogen and oxygen atoms in total. The molecule has 3 aromatic rings. The minimum atomic E-state index is -0.293. The van der Waals surface area contributed by atoms with Crippen LogP contribution in [-0.4, -0.2) is 18.7 Å². The monoisotopic (exact) mass is 530 g/mol. The van der Waals surface area contributed by atoms with Crippen LogP contribution in [0.25, 0.3) is 0 Å². The minimum Gasteiger partial charge on any atom is -0.490 e. The molecule has 0 radical (unpaired) electrons. The van der Waals surface area contributed by atoms with Gasteiger partial charge < -0.3 is 9.47 Å². The first-order valence-corrected chi connectivity index (χ1v) is 10.9. The predicted molar refractivity (Wildman–Crippen MR) is 125 cm³/mol. The van der Waals surface area contributed by atoms with E-state index in [1.54, 1.807) is 24.4 Å². The molecule has 0 saturated carbocycles. The molecule has 7 heteroatoms. The van der Waals surface area contributed by atoms with E-state index in [2.05, 4.69) is 42.4 Å². The van der Waals surface area contributed by atoms with Crippen LogP contribution in [0.15, 0.2) is 80.8 Å². The van der Waals surface area contributed by atoms with E-state index >= 15 is 0 Å². The summed E-state index contributed by atoms with van der Waals surface area (Å²) in [6, 6.07) is 20.6. The van der Waals surface area contributed by atoms with Crippen LogP contribution in [0.4, 0.5) is 0 Å². The van der Waals surface area contributed by atoms with Crippen LogP contribution in [0.1, 0.15) is 28.4 Å². The van der Waals surface area contributed by atoms with Gasteiger partial charge in [-0.3, -0.25) is 4.79 Å². The van der Waals surface area contributed by atoms with Crippen molar-refractivity contribution in [1.29, 1.82) is 0 Å². The van der Waals surface area contributed by atoms with Crippen molar-refractivity contribution < 1.29 is 14.3 Å². The van der Waals surface area contributed by atoms with Crippen molar-refractivity contribution in [1.82, 2.24) is 5.43 Å². The quantitative estimate of drug-likeness (QED) is 0.288. The molecule has 0 atom stereocenters. The molecule has 0 bridgehead atoms. The number of hydrogen-bond acceptors (Lipinski definition) is 4. The molecular weight excluding hydrogens is 512 g/mol. The van der Waals surface area contributed by atoms with Crippen LogP contribution < -0.4 is 14.9 Å². The van der Waals surface area contributed by atoms with Crippen molar-refractivity contribution in [3.8, 4) is 11.5 Å². The fraction of sp³-hybridized carbons (Fsp3) is 0.130. The molecule has 3 aromatic carbocycles. The number of nitrogens with one attached hydrogen (secondary N) is 1. The van der Waals surface area contributed by atoms with E-state index in [-0.39, 0.29) is 5.91 Å². The second-order valence-corrected chi connectivity index (χ2v) is 8.00. The molecule has 0 aromatic heterocycles. The van der Waals surface area contributed by atoms with Gasteiger partial charge in [0.15, 0.2) is 11.5 Å². The highest BCUT2D eigenvalue weighted by molar-refractivity contribution is 9.10. The third-order valence-electron chi connectivity index (χ3n) is 4.07. The number of amides is 1. The summed E-state index contributed by atoms with van der Waals surface area (Å²) in [6.07, 6.45) is 1.57. The zero-order valence-electron chi connectivity index (χ0n) is 16.3. The zero-order valence-corrected chi connectivity index (χ0v) is 19.4. The number of hydrogen-bond donors (Lipinski definition) is 1. The normalized spacial score (nSPS) is 10.8. The van der Waals surface area contributed by atoms with Gasteiger partial charge in [0.1, 0.15) is 6.61 Å². The smallest absolute Gasteiger partial charge is 0.272 e. The summed E-state index contributed by atoms with van der Waals surface area (Å²) in [6.45, 7) is 2.86. The lowest BCUT2D eigenvalue weighted by atomic mass is 10.2. The summed E-state index contributed by atoms with van der Waals surface area (Å²) >= 11 is 6.78. The molecule has 30 heavy (non-hydrogen) atoms. The average Bonchev–Trinajstić information content (AvgIpc) is 2.75. The SMILES string of the molecule is CCOc1cc(/C=N\NC(=O)c2ccccc2Br)ccc1OCc1ccc(Br)cc1. The number of benzene rings is 3. The van der Waals surface area contributed by atoms with Crippen molar-refractivity contribution in [2.24, 2.45) is 5.10 Å². The van der Waals surface area contributed by atoms with E-state index in [1.807, 2.05) is 55.5 Å². The molecule has 0 aliphatic rings. The van der Waals surface area contributed by atoms with Gasteiger partial charge in [-0.2, -0.15) is 5.10 Å². The Bertz CT molecular complexity index is 1040. The largest absolute Gasteiger partial charge is 0.490 e. The van der Waals surface area contributed by atoms with Crippen LogP contribution in [0.3, 0.4) is 0 Å². The first kappa shape index (κ1) is 22.1. The molecule has 154 valence electrons. The Kier molecular flexibility index (Phi) is 8.04. The summed E-state index contributed by atoms with van der Waals surface area (Å²) in [4.78, 5) is 12.2. The Morgan fingerprint density at radius 2 is 1.77 bits per heavy atom. The van der Waals surface area contributed by atoms with Gasteiger partial charge in [0.2, 0.25) is 0 Å². The van der Waals surface area contributed by atoms with Crippen LogP contribution in [0.2, 0.25) is 0 Å². The summed E-state index contributed by atoms with van der Waals surface area (Å²) in [5.74, 6) is 0.975. The Hall–Kier alpha value is -2.64. The average molecular weight is 532 g/mol. The highest BCUT2D eigenvalue weighted by Gasteiger charge is 2.09. The summed E-state index contributed by atoms with van der Waals surface area (Å²) in [5, 5.41) is 4.05. The molecule has 0 aliphatic heterocycles. The fourth-order valence-electron chi connectivity index (χ4n) is 2.61. The lowest BCUT2D eigenvalue weighted by Gasteiger charge is -2.12. The fourth-order valence-corrected chi connectivity index (χ4v) is 3.33. The van der Waals surface area contributed by atoms with E-state index in [4.69, 9.17) is 9.47 Å². The van der Waals surface area contributed by atoms with Crippen molar-refractivity contribution in [2.45, 2.75) is 13.5 Å². The van der Waals surface area contributed by atoms with Crippen LogP contribution in [0.5, 0.6) is 11.5 Å². The maximum absolute atomic E-state index is 12.2. The second kappa shape index (κ2) is 10.9. The van der Waals surface area contributed by atoms with Crippen molar-refractivity contribution >= 4 is 44.0 Å². The van der Waals surface area contributed by atoms with Crippen molar-refractivity contribution in [3.63, 3.8) is 0 Å². The molecule has 3 rings (SSSR count). The van der Waals surface area contributed by atoms with E-state index < -0.39 is 0 Å². The molecule has 1 N–H and O–H groups in total. The van der Waals surface area contributed by atoms with Crippen molar-refractivity contribution in [2.75, 3.05) is 6.61 Å². The van der Waals surface area contributed by atoms with E-state index in [1.165, 1.54) is 0 Å². The Balaban J connectivity index is 1.66. The third kappa shape index (κ3) is 6.18. The maximum atomic E-state index is 12.2. The first-order valence-electron chi connectivity index (χ1n) is 9.29. The number of nitrogens with zero attached hydrogens (tertiary/aromatic N) is 1. The van der Waals surface area contributed by atoms with Gasteiger partial charge in [0.25, 0.3) is 5.91 Å². The van der Waals surface area contributed by atoms with E-state index in [9.17, 15) is 4.79 Å². The van der Waals surface area contributed by atoms with Gasteiger partial charge in [0.05, 0.1) is 18.4 Å². The highest BCUT2D eigenvalue weighted by atomic mass is 79.9. The molecule has 1 amide bonds. The van der Waals surface area contributed by atoms with Gasteiger partial charge in [-0.15, -0.1) is 0 Å². The van der Waals surface area contributed by atoms with Crippen LogP contribution in [-0.2, 0) is 6.61 Å². The summed E-state index contributed by atoms with van der Waals surface area (Å²) in [7, 11) is 0. The topological polar surface area (TPSA) is 59.9 Å². The summed E-state index contributed by atoms with van der Waals surface area (Å²) in [5.41, 5.74) is 4.88. The molecular formula is C23H20Br2N2O3. The maximum Gasteiger partial charge on any atom is 0.272 e. The lowest BCUT2D eigenvalue weighted by Crippen LogP contribution is -2.18. The van der Waals surface area contributed by atoms with Gasteiger partial charge in [-0.1, -0.05) is 40.2 Å². The zero-order chi connectivity index (χ0) is 21.3. The molecule has 0 fully saturated rings. The third-order valence-corrected chi connectivity index (χ3v) is 5.29. The Morgan fingerprint density at radius 1 is 1.00 bits per heavy atom. The number of ether oxygens (including phenoxy) is 2. The van der Waals surface area contributed by atoms with Gasteiger partial charge in [-0.05, 0) is 76.4 Å². The number of rotatable bonds is 8. The standard InChI is InChI=1S/C23H20Br2N2O3/c1-2-29-22-13-17(14-26-27-23(28)19-5-3-4-6-20(19)25)9-12-21(22)30-15-16-7-10-18(24)11-8-16/h3-14H,2,15H2,1H3,(H,27,28)/b26-14-. The van der Waals surface area contributed by atoms with Crippen LogP contribution in [0, 0.1) is 0 Å². The number of carbonyl (C=O) groups excluding carboxylic acids is 1. The van der Waals surface area contributed by atoms with E-state index in [0.717, 1.165) is 15.6 Å². The predicted octanol–water partition coefficient (Wildman–Crippen LogP) is 5.95.